The number of aromatic nitrogens is 1. The number of piperidine rings is 1. The zero-order valence-corrected chi connectivity index (χ0v) is 16.5. The average Bonchev–Trinajstić information content (AvgIpc) is 3.12. The molecule has 0 aliphatic carbocycles. The monoisotopic (exact) mass is 400 g/mol. The van der Waals surface area contributed by atoms with Gasteiger partial charge in [-0.05, 0) is 68.8 Å². The quantitative estimate of drug-likeness (QED) is 0.533. The second-order valence-corrected chi connectivity index (χ2v) is 7.75. The van der Waals surface area contributed by atoms with Crippen LogP contribution in [0.5, 0.6) is 0 Å². The maximum Gasteiger partial charge on any atom is 0.179 e. The second kappa shape index (κ2) is 8.02. The van der Waals surface area contributed by atoms with Crippen LogP contribution in [-0.4, -0.2) is 35.0 Å². The largest absolute Gasteiger partial charge is 0.356 e. The van der Waals surface area contributed by atoms with Crippen molar-refractivity contribution in [3.05, 3.63) is 64.6 Å². The molecule has 2 heterocycles. The first-order valence-electron chi connectivity index (χ1n) is 9.65. The summed E-state index contributed by atoms with van der Waals surface area (Å²) in [6.07, 6.45) is 2.56. The molecule has 1 aliphatic heterocycles. The third kappa shape index (κ3) is 3.69. The Morgan fingerprint density at radius 3 is 2.64 bits per heavy atom. The summed E-state index contributed by atoms with van der Waals surface area (Å²) in [5.41, 5.74) is 2.25. The summed E-state index contributed by atoms with van der Waals surface area (Å²) in [6.45, 7) is 3.66. The maximum absolute atomic E-state index is 13.2. The van der Waals surface area contributed by atoms with Crippen LogP contribution in [0.3, 0.4) is 0 Å². The molecule has 1 aliphatic rings. The molecule has 146 valence electrons. The van der Waals surface area contributed by atoms with Crippen LogP contribution in [0, 0.1) is 5.82 Å². The van der Waals surface area contributed by atoms with Crippen LogP contribution >= 0.6 is 11.6 Å². The van der Waals surface area contributed by atoms with E-state index in [1.54, 1.807) is 18.2 Å². The van der Waals surface area contributed by atoms with Gasteiger partial charge in [0, 0.05) is 28.0 Å². The van der Waals surface area contributed by atoms with Gasteiger partial charge in [0.15, 0.2) is 11.4 Å². The van der Waals surface area contributed by atoms with Crippen LogP contribution in [0.1, 0.15) is 48.2 Å². The molecule has 1 aromatic heterocycles. The first kappa shape index (κ1) is 19.1. The number of hydrogen-bond donors (Lipinski definition) is 0. The molecule has 3 aromatic rings. The molecule has 0 N–H and O–H groups in total. The Morgan fingerprint density at radius 2 is 1.96 bits per heavy atom. The molecular weight excluding hydrogens is 379 g/mol. The van der Waals surface area contributed by atoms with Gasteiger partial charge >= 0.3 is 0 Å². The fraction of sp³-hybridized carbons (Fsp3) is 0.364. The van der Waals surface area contributed by atoms with E-state index in [1.165, 1.54) is 12.1 Å². The van der Waals surface area contributed by atoms with Gasteiger partial charge < -0.3 is 4.52 Å². The molecule has 0 saturated carbocycles. The van der Waals surface area contributed by atoms with Crippen LogP contribution in [0.15, 0.2) is 47.0 Å². The number of benzene rings is 2. The van der Waals surface area contributed by atoms with Crippen molar-refractivity contribution in [3.63, 3.8) is 0 Å². The van der Waals surface area contributed by atoms with Crippen molar-refractivity contribution in [3.8, 4) is 0 Å². The lowest BCUT2D eigenvalue weighted by Gasteiger charge is -2.36. The van der Waals surface area contributed by atoms with Crippen molar-refractivity contribution in [2.24, 2.45) is 0 Å². The number of likely N-dealkylation sites (tertiary alicyclic amines) is 1. The molecule has 0 bridgehead atoms. The lowest BCUT2D eigenvalue weighted by atomic mass is 9.89. The molecule has 4 nitrogen and oxygen atoms in total. The average molecular weight is 401 g/mol. The van der Waals surface area contributed by atoms with E-state index in [-0.39, 0.29) is 17.6 Å². The predicted molar refractivity (Wildman–Crippen MR) is 107 cm³/mol. The van der Waals surface area contributed by atoms with Crippen LogP contribution < -0.4 is 0 Å². The lowest BCUT2D eigenvalue weighted by molar-refractivity contribution is 0.0761. The van der Waals surface area contributed by atoms with E-state index in [9.17, 15) is 9.18 Å². The highest BCUT2D eigenvalue weighted by Gasteiger charge is 2.31. The number of rotatable bonds is 5. The van der Waals surface area contributed by atoms with E-state index >= 15 is 0 Å². The minimum atomic E-state index is -0.327. The molecule has 1 saturated heterocycles. The summed E-state index contributed by atoms with van der Waals surface area (Å²) in [5, 5.41) is 5.93. The lowest BCUT2D eigenvalue weighted by Crippen LogP contribution is -2.45. The standard InChI is InChI=1S/C22H22ClFN2O2/c1-2-19(22(27)15-3-6-17(24)7-4-15)26-11-9-14(10-12-26)21-18-8-5-16(23)13-20(18)28-25-21/h3-8,13-14,19H,2,9-12H2,1H3. The van der Waals surface area contributed by atoms with E-state index in [0.29, 0.717) is 22.1 Å². The van der Waals surface area contributed by atoms with Crippen molar-refractivity contribution >= 4 is 28.4 Å². The van der Waals surface area contributed by atoms with E-state index in [0.717, 1.165) is 43.4 Å². The molecule has 2 aromatic carbocycles. The predicted octanol–water partition coefficient (Wildman–Crippen LogP) is 5.46. The Bertz CT molecular complexity index is 978. The SMILES string of the molecule is CCC(C(=O)c1ccc(F)cc1)N1CCC(c2noc3cc(Cl)ccc23)CC1. The number of carbonyl (C=O) groups excluding carboxylic acids is 1. The number of carbonyl (C=O) groups is 1. The van der Waals surface area contributed by atoms with E-state index in [4.69, 9.17) is 16.1 Å². The molecule has 1 atom stereocenters. The van der Waals surface area contributed by atoms with Crippen molar-refractivity contribution in [1.82, 2.24) is 10.1 Å². The third-order valence-electron chi connectivity index (χ3n) is 5.64. The minimum absolute atomic E-state index is 0.0578. The molecule has 28 heavy (non-hydrogen) atoms. The van der Waals surface area contributed by atoms with Crippen LogP contribution in [0.2, 0.25) is 5.02 Å². The number of nitrogens with zero attached hydrogens (tertiary/aromatic N) is 2. The van der Waals surface area contributed by atoms with Crippen LogP contribution in [0.4, 0.5) is 4.39 Å². The summed E-state index contributed by atoms with van der Waals surface area (Å²) in [4.78, 5) is 15.1. The normalized spacial score (nSPS) is 17.1. The maximum atomic E-state index is 13.2. The van der Waals surface area contributed by atoms with E-state index in [1.807, 2.05) is 19.1 Å². The topological polar surface area (TPSA) is 46.3 Å². The van der Waals surface area contributed by atoms with Crippen LogP contribution in [-0.2, 0) is 0 Å². The molecule has 6 heteroatoms. The van der Waals surface area contributed by atoms with Crippen molar-refractivity contribution in [2.45, 2.75) is 38.1 Å². The highest BCUT2D eigenvalue weighted by molar-refractivity contribution is 6.31. The third-order valence-corrected chi connectivity index (χ3v) is 5.87. The highest BCUT2D eigenvalue weighted by atomic mass is 35.5. The zero-order chi connectivity index (χ0) is 19.7. The van der Waals surface area contributed by atoms with Crippen molar-refractivity contribution < 1.29 is 13.7 Å². The van der Waals surface area contributed by atoms with Gasteiger partial charge in [-0.3, -0.25) is 9.69 Å². The Morgan fingerprint density at radius 1 is 1.25 bits per heavy atom. The fourth-order valence-corrected chi connectivity index (χ4v) is 4.29. The Balaban J connectivity index is 1.46. The molecule has 1 unspecified atom stereocenters. The molecule has 0 spiro atoms. The Labute approximate surface area is 168 Å². The fourth-order valence-electron chi connectivity index (χ4n) is 4.13. The minimum Gasteiger partial charge on any atom is -0.356 e. The summed E-state index contributed by atoms with van der Waals surface area (Å²) in [6, 6.07) is 11.2. The first-order chi connectivity index (χ1) is 13.6. The number of fused-ring (bicyclic) bond motifs is 1. The highest BCUT2D eigenvalue weighted by Crippen LogP contribution is 2.34. The molecule has 0 amide bonds. The van der Waals surface area contributed by atoms with Gasteiger partial charge in [0.25, 0.3) is 0 Å². The van der Waals surface area contributed by atoms with Crippen molar-refractivity contribution in [1.29, 1.82) is 0 Å². The van der Waals surface area contributed by atoms with Gasteiger partial charge in [-0.1, -0.05) is 23.7 Å². The van der Waals surface area contributed by atoms with E-state index in [2.05, 4.69) is 10.1 Å². The molecule has 1 fully saturated rings. The number of Topliss-reactive ketones (excluding diaryl/α,β-unsaturated/α-hetero) is 1. The van der Waals surface area contributed by atoms with Gasteiger partial charge in [0.05, 0.1) is 11.7 Å². The summed E-state index contributed by atoms with van der Waals surface area (Å²) in [5.74, 6) is 0.0334. The summed E-state index contributed by atoms with van der Waals surface area (Å²) >= 11 is 6.03. The zero-order valence-electron chi connectivity index (χ0n) is 15.7. The number of halogens is 2. The van der Waals surface area contributed by atoms with Gasteiger partial charge in [-0.2, -0.15) is 0 Å². The molecule has 0 radical (unpaired) electrons. The van der Waals surface area contributed by atoms with Crippen LogP contribution in [0.25, 0.3) is 11.0 Å². The van der Waals surface area contributed by atoms with Gasteiger partial charge in [0.1, 0.15) is 5.82 Å². The summed E-state index contributed by atoms with van der Waals surface area (Å²) in [7, 11) is 0. The Kier molecular flexibility index (Phi) is 5.47. The number of ketones is 1. The molecular formula is C22H22ClFN2O2. The van der Waals surface area contributed by atoms with Crippen molar-refractivity contribution in [2.75, 3.05) is 13.1 Å². The van der Waals surface area contributed by atoms with Gasteiger partial charge in [-0.25, -0.2) is 4.39 Å². The number of hydrogen-bond acceptors (Lipinski definition) is 4. The second-order valence-electron chi connectivity index (χ2n) is 7.31. The first-order valence-corrected chi connectivity index (χ1v) is 10.0. The summed E-state index contributed by atoms with van der Waals surface area (Å²) < 4.78 is 18.6. The molecule has 4 rings (SSSR count). The van der Waals surface area contributed by atoms with Gasteiger partial charge in [-0.15, -0.1) is 0 Å². The smallest absolute Gasteiger partial charge is 0.179 e. The Hall–Kier alpha value is -2.24. The van der Waals surface area contributed by atoms with Gasteiger partial charge in [0.2, 0.25) is 0 Å². The van der Waals surface area contributed by atoms with E-state index < -0.39 is 0 Å².